The predicted octanol–water partition coefficient (Wildman–Crippen LogP) is 4.04. The summed E-state index contributed by atoms with van der Waals surface area (Å²) in [6.45, 7) is 12.4. The molecule has 5 heteroatoms. The van der Waals surface area contributed by atoms with Crippen LogP contribution in [0.1, 0.15) is 60.8 Å². The highest BCUT2D eigenvalue weighted by Crippen LogP contribution is 2.68. The Balaban J connectivity index is 1.67. The first-order valence-electron chi connectivity index (χ1n) is 10.8. The standard InChI is InChI=1S/C25H29O5/c1-13-19(27)18-14(12-29-21(18)28)24(5)11-16-23(4)9-8-17(26)22(2,3)15(23)7-10-25(16,6)30-20(13)24/h8-9,16H,7,10-12H2,1-6H3/t16-,23-,24+,25-/m0/s1. The van der Waals surface area contributed by atoms with Crippen LogP contribution in [0.2, 0.25) is 0 Å². The molecule has 5 aliphatic rings. The third kappa shape index (κ3) is 2.11. The van der Waals surface area contributed by atoms with E-state index in [9.17, 15) is 14.4 Å². The lowest BCUT2D eigenvalue weighted by atomic mass is 9.44. The maximum absolute atomic E-state index is 12.9. The zero-order valence-electron chi connectivity index (χ0n) is 18.6. The van der Waals surface area contributed by atoms with E-state index in [1.165, 1.54) is 5.92 Å². The predicted molar refractivity (Wildman–Crippen MR) is 110 cm³/mol. The maximum Gasteiger partial charge on any atom is 0.342 e. The van der Waals surface area contributed by atoms with Crippen molar-refractivity contribution >= 4 is 17.5 Å². The number of allylic oxidation sites excluding steroid dienone is 4. The van der Waals surface area contributed by atoms with Crippen LogP contribution in [0.3, 0.4) is 0 Å². The molecule has 1 saturated heterocycles. The minimum atomic E-state index is -0.561. The Bertz CT molecular complexity index is 1010. The van der Waals surface area contributed by atoms with E-state index in [1.807, 2.05) is 13.8 Å². The van der Waals surface area contributed by atoms with Crippen molar-refractivity contribution in [2.24, 2.45) is 22.2 Å². The van der Waals surface area contributed by atoms with E-state index >= 15 is 0 Å². The van der Waals surface area contributed by atoms with Gasteiger partial charge < -0.3 is 9.47 Å². The Hall–Kier alpha value is -2.17. The lowest BCUT2D eigenvalue weighted by molar-refractivity contribution is -0.160. The summed E-state index contributed by atoms with van der Waals surface area (Å²) in [7, 11) is 0. The van der Waals surface area contributed by atoms with Gasteiger partial charge in [0, 0.05) is 16.9 Å². The highest BCUT2D eigenvalue weighted by atomic mass is 16.5. The Morgan fingerprint density at radius 3 is 2.47 bits per heavy atom. The number of ether oxygens (including phenoxy) is 2. The molecule has 0 spiro atoms. The Morgan fingerprint density at radius 1 is 1.07 bits per heavy atom. The number of hydrogen-bond acceptors (Lipinski definition) is 5. The van der Waals surface area contributed by atoms with Crippen LogP contribution in [0.15, 0.2) is 34.6 Å². The molecule has 0 unspecified atom stereocenters. The molecule has 5 rings (SSSR count). The molecule has 0 bridgehead atoms. The van der Waals surface area contributed by atoms with E-state index in [2.05, 4.69) is 26.8 Å². The number of ketones is 2. The summed E-state index contributed by atoms with van der Waals surface area (Å²) in [6.07, 6.45) is 6.18. The molecule has 159 valence electrons. The van der Waals surface area contributed by atoms with Gasteiger partial charge in [0.25, 0.3) is 0 Å². The smallest absolute Gasteiger partial charge is 0.342 e. The van der Waals surface area contributed by atoms with Gasteiger partial charge >= 0.3 is 5.97 Å². The molecule has 0 aromatic rings. The van der Waals surface area contributed by atoms with Crippen molar-refractivity contribution in [2.75, 3.05) is 6.61 Å². The van der Waals surface area contributed by atoms with Crippen molar-refractivity contribution < 1.29 is 23.9 Å². The summed E-state index contributed by atoms with van der Waals surface area (Å²) in [4.78, 5) is 37.9. The lowest BCUT2D eigenvalue weighted by Crippen LogP contribution is -2.62. The zero-order chi connectivity index (χ0) is 21.9. The number of fused-ring (bicyclic) bond motifs is 5. The zero-order valence-corrected chi connectivity index (χ0v) is 18.6. The molecule has 0 amide bonds. The third-order valence-corrected chi connectivity index (χ3v) is 8.81. The van der Waals surface area contributed by atoms with Crippen LogP contribution in [0, 0.1) is 28.1 Å². The summed E-state index contributed by atoms with van der Waals surface area (Å²) in [6, 6.07) is 0. The average Bonchev–Trinajstić information content (AvgIpc) is 3.06. The summed E-state index contributed by atoms with van der Waals surface area (Å²) >= 11 is 0. The molecule has 3 aliphatic carbocycles. The average molecular weight is 410 g/mol. The number of carbonyl (C=O) groups is 3. The van der Waals surface area contributed by atoms with Crippen LogP contribution < -0.4 is 0 Å². The van der Waals surface area contributed by atoms with Crippen molar-refractivity contribution in [3.8, 4) is 0 Å². The number of Topliss-reactive ketones (excluding diaryl/α,β-unsaturated/α-hetero) is 1. The van der Waals surface area contributed by atoms with Gasteiger partial charge in [-0.1, -0.05) is 26.8 Å². The monoisotopic (exact) mass is 409 g/mol. The number of rotatable bonds is 0. The van der Waals surface area contributed by atoms with Gasteiger partial charge in [-0.2, -0.15) is 0 Å². The Labute approximate surface area is 177 Å². The highest BCUT2D eigenvalue weighted by Gasteiger charge is 2.66. The molecule has 30 heavy (non-hydrogen) atoms. The van der Waals surface area contributed by atoms with Crippen LogP contribution in [-0.4, -0.2) is 29.7 Å². The van der Waals surface area contributed by atoms with Gasteiger partial charge in [0.1, 0.15) is 23.5 Å². The van der Waals surface area contributed by atoms with Crippen LogP contribution >= 0.6 is 0 Å². The molecule has 0 aromatic carbocycles. The largest absolute Gasteiger partial charge is 0.490 e. The maximum atomic E-state index is 12.9. The fourth-order valence-corrected chi connectivity index (χ4v) is 6.98. The molecule has 2 fully saturated rings. The van der Waals surface area contributed by atoms with Crippen molar-refractivity contribution in [1.29, 1.82) is 0 Å². The van der Waals surface area contributed by atoms with Crippen molar-refractivity contribution in [3.05, 3.63) is 40.5 Å². The van der Waals surface area contributed by atoms with E-state index in [-0.39, 0.29) is 35.1 Å². The van der Waals surface area contributed by atoms with E-state index in [0.29, 0.717) is 11.3 Å². The quantitative estimate of drug-likeness (QED) is 0.446. The number of cyclic esters (lactones) is 1. The molecule has 0 N–H and O–H groups in total. The summed E-state index contributed by atoms with van der Waals surface area (Å²) in [5, 5.41) is 0. The normalized spacial score (nSPS) is 42.3. The Kier molecular flexibility index (Phi) is 3.65. The summed E-state index contributed by atoms with van der Waals surface area (Å²) < 4.78 is 12.0. The molecule has 5 nitrogen and oxygen atoms in total. The lowest BCUT2D eigenvalue weighted by Gasteiger charge is -2.63. The molecule has 1 radical (unpaired) electrons. The van der Waals surface area contributed by atoms with Gasteiger partial charge in [0.2, 0.25) is 0 Å². The Morgan fingerprint density at radius 2 is 1.77 bits per heavy atom. The third-order valence-electron chi connectivity index (χ3n) is 8.81. The number of carbonyl (C=O) groups excluding carboxylic acids is 3. The number of esters is 1. The van der Waals surface area contributed by atoms with Gasteiger partial charge in [-0.15, -0.1) is 0 Å². The molecule has 4 atom stereocenters. The van der Waals surface area contributed by atoms with Gasteiger partial charge in [-0.3, -0.25) is 9.59 Å². The molecule has 2 aliphatic heterocycles. The minimum absolute atomic E-state index is 0.108. The summed E-state index contributed by atoms with van der Waals surface area (Å²) in [5.41, 5.74) is -0.331. The molecule has 1 saturated carbocycles. The fourth-order valence-electron chi connectivity index (χ4n) is 6.98. The van der Waals surface area contributed by atoms with E-state index in [0.717, 1.165) is 24.8 Å². The number of hydrogen-bond donors (Lipinski definition) is 0. The van der Waals surface area contributed by atoms with Gasteiger partial charge in [-0.25, -0.2) is 4.79 Å². The molecular weight excluding hydrogens is 380 g/mol. The van der Waals surface area contributed by atoms with Crippen LogP contribution in [0.4, 0.5) is 0 Å². The second-order valence-electron chi connectivity index (χ2n) is 10.8. The van der Waals surface area contributed by atoms with Crippen LogP contribution in [0.25, 0.3) is 0 Å². The highest BCUT2D eigenvalue weighted by molar-refractivity contribution is 6.26. The topological polar surface area (TPSA) is 69.7 Å². The molecule has 0 aromatic heterocycles. The van der Waals surface area contributed by atoms with Crippen molar-refractivity contribution in [1.82, 2.24) is 0 Å². The van der Waals surface area contributed by atoms with E-state index < -0.39 is 22.4 Å². The second-order valence-corrected chi connectivity index (χ2v) is 10.8. The first-order chi connectivity index (χ1) is 13.9. The second kappa shape index (κ2) is 5.54. The fraction of sp³-hybridized carbons (Fsp3) is 0.600. The SMILES string of the molecule is CC1=C2O[C@@]3(C)CC[C]4C(C)(C)C(=O)C=C[C@]4(C)[C@@H]3C[C@]2(C)C2=C(C(=O)OC2)C1=O. The van der Waals surface area contributed by atoms with E-state index in [1.54, 1.807) is 13.0 Å². The van der Waals surface area contributed by atoms with Crippen LogP contribution in [0.5, 0.6) is 0 Å². The van der Waals surface area contributed by atoms with Gasteiger partial charge in [0.15, 0.2) is 11.6 Å². The summed E-state index contributed by atoms with van der Waals surface area (Å²) in [5.74, 6) is 1.44. The van der Waals surface area contributed by atoms with Crippen molar-refractivity contribution in [3.63, 3.8) is 0 Å². The first-order valence-corrected chi connectivity index (χ1v) is 10.8. The van der Waals surface area contributed by atoms with Crippen LogP contribution in [-0.2, 0) is 23.9 Å². The van der Waals surface area contributed by atoms with Gasteiger partial charge in [-0.05, 0) is 63.0 Å². The molecular formula is C25H29O5. The van der Waals surface area contributed by atoms with Crippen molar-refractivity contribution in [2.45, 2.75) is 66.4 Å². The van der Waals surface area contributed by atoms with Gasteiger partial charge in [0.05, 0.1) is 5.41 Å². The molecule has 2 heterocycles. The first kappa shape index (κ1) is 19.8. The van der Waals surface area contributed by atoms with E-state index in [4.69, 9.17) is 9.47 Å². The minimum Gasteiger partial charge on any atom is -0.490 e.